The number of phenolic OH excluding ortho intramolecular Hbond substituents is 1. The highest BCUT2D eigenvalue weighted by atomic mass is 16.4. The summed E-state index contributed by atoms with van der Waals surface area (Å²) >= 11 is 0. The number of carboxylic acid groups (broad SMARTS) is 1. The molecule has 1 aliphatic rings. The van der Waals surface area contributed by atoms with E-state index in [4.69, 9.17) is 0 Å². The molecular weight excluding hydrogens is 230 g/mol. The third-order valence-corrected chi connectivity index (χ3v) is 3.69. The lowest BCUT2D eigenvalue weighted by Gasteiger charge is -2.23. The van der Waals surface area contributed by atoms with Crippen LogP contribution in [-0.4, -0.2) is 29.8 Å². The maximum absolute atomic E-state index is 11.2. The standard InChI is InChI=1S/C14H19NO3/c1-14(2,13(17)18)7-9-8-15(3)12-5-4-10(16)6-11(9)12/h4-6,9,16H,7-8H2,1-3H3,(H,17,18). The van der Waals surface area contributed by atoms with Gasteiger partial charge in [-0.1, -0.05) is 0 Å². The van der Waals surface area contributed by atoms with E-state index in [0.717, 1.165) is 17.8 Å². The highest BCUT2D eigenvalue weighted by Crippen LogP contribution is 2.42. The van der Waals surface area contributed by atoms with Crippen molar-refractivity contribution in [3.8, 4) is 5.75 Å². The average Bonchev–Trinajstić information content (AvgIpc) is 2.54. The second-order valence-electron chi connectivity index (χ2n) is 5.71. The zero-order chi connectivity index (χ0) is 13.5. The van der Waals surface area contributed by atoms with Gasteiger partial charge >= 0.3 is 5.97 Å². The first-order valence-electron chi connectivity index (χ1n) is 6.09. The van der Waals surface area contributed by atoms with Crippen molar-refractivity contribution in [3.63, 3.8) is 0 Å². The molecule has 0 spiro atoms. The fourth-order valence-corrected chi connectivity index (χ4v) is 2.62. The van der Waals surface area contributed by atoms with Crippen LogP contribution in [0.25, 0.3) is 0 Å². The van der Waals surface area contributed by atoms with Crippen LogP contribution in [0.15, 0.2) is 18.2 Å². The number of hydrogen-bond acceptors (Lipinski definition) is 3. The van der Waals surface area contributed by atoms with Crippen molar-refractivity contribution in [2.45, 2.75) is 26.2 Å². The van der Waals surface area contributed by atoms with Gasteiger partial charge in [-0.3, -0.25) is 4.79 Å². The summed E-state index contributed by atoms with van der Waals surface area (Å²) in [4.78, 5) is 13.3. The van der Waals surface area contributed by atoms with E-state index in [1.54, 1.807) is 26.0 Å². The Balaban J connectivity index is 2.29. The van der Waals surface area contributed by atoms with Gasteiger partial charge in [-0.25, -0.2) is 0 Å². The van der Waals surface area contributed by atoms with Crippen LogP contribution in [0.4, 0.5) is 5.69 Å². The molecule has 1 atom stereocenters. The number of aromatic hydroxyl groups is 1. The van der Waals surface area contributed by atoms with Crippen LogP contribution in [-0.2, 0) is 4.79 Å². The molecule has 0 amide bonds. The van der Waals surface area contributed by atoms with Gasteiger partial charge in [0, 0.05) is 25.2 Å². The second-order valence-corrected chi connectivity index (χ2v) is 5.71. The van der Waals surface area contributed by atoms with Gasteiger partial charge in [0.05, 0.1) is 5.41 Å². The number of aliphatic carboxylic acids is 1. The number of rotatable bonds is 3. The van der Waals surface area contributed by atoms with E-state index >= 15 is 0 Å². The molecule has 18 heavy (non-hydrogen) atoms. The molecular formula is C14H19NO3. The van der Waals surface area contributed by atoms with E-state index in [9.17, 15) is 15.0 Å². The summed E-state index contributed by atoms with van der Waals surface area (Å²) in [6.45, 7) is 4.29. The summed E-state index contributed by atoms with van der Waals surface area (Å²) < 4.78 is 0. The van der Waals surface area contributed by atoms with E-state index in [0.29, 0.717) is 6.42 Å². The normalized spacial score (nSPS) is 18.8. The van der Waals surface area contributed by atoms with E-state index in [1.807, 2.05) is 13.1 Å². The number of phenols is 1. The first kappa shape index (κ1) is 12.7. The lowest BCUT2D eigenvalue weighted by molar-refractivity contribution is -0.147. The van der Waals surface area contributed by atoms with Gasteiger partial charge in [-0.05, 0) is 44.0 Å². The van der Waals surface area contributed by atoms with Crippen molar-refractivity contribution >= 4 is 11.7 Å². The molecule has 0 radical (unpaired) electrons. The number of likely N-dealkylation sites (N-methyl/N-ethyl adjacent to an activating group) is 1. The Kier molecular flexibility index (Phi) is 2.97. The predicted molar refractivity (Wildman–Crippen MR) is 70.2 cm³/mol. The van der Waals surface area contributed by atoms with Gasteiger partial charge in [-0.2, -0.15) is 0 Å². The summed E-state index contributed by atoms with van der Waals surface area (Å²) in [5.74, 6) is -0.385. The number of carbonyl (C=O) groups is 1. The number of carboxylic acids is 1. The lowest BCUT2D eigenvalue weighted by atomic mass is 9.81. The molecule has 1 aromatic carbocycles. The SMILES string of the molecule is CN1CC(CC(C)(C)C(=O)O)c2cc(O)ccc21. The minimum Gasteiger partial charge on any atom is -0.508 e. The zero-order valence-electron chi connectivity index (χ0n) is 11.0. The van der Waals surface area contributed by atoms with Crippen molar-refractivity contribution < 1.29 is 15.0 Å². The van der Waals surface area contributed by atoms with E-state index in [-0.39, 0.29) is 11.7 Å². The van der Waals surface area contributed by atoms with Crippen LogP contribution in [0.1, 0.15) is 31.7 Å². The van der Waals surface area contributed by atoms with Crippen LogP contribution in [0.2, 0.25) is 0 Å². The van der Waals surface area contributed by atoms with Crippen LogP contribution < -0.4 is 4.90 Å². The quantitative estimate of drug-likeness (QED) is 0.863. The molecule has 0 bridgehead atoms. The molecule has 1 unspecified atom stereocenters. The van der Waals surface area contributed by atoms with Crippen LogP contribution in [0.3, 0.4) is 0 Å². The lowest BCUT2D eigenvalue weighted by Crippen LogP contribution is -2.27. The number of fused-ring (bicyclic) bond motifs is 1. The Bertz CT molecular complexity index is 482. The molecule has 0 saturated carbocycles. The minimum atomic E-state index is -0.779. The first-order chi connectivity index (χ1) is 8.31. The maximum atomic E-state index is 11.2. The topological polar surface area (TPSA) is 60.8 Å². The maximum Gasteiger partial charge on any atom is 0.309 e. The van der Waals surface area contributed by atoms with Gasteiger partial charge in [0.15, 0.2) is 0 Å². The second kappa shape index (κ2) is 4.19. The Hall–Kier alpha value is -1.71. The molecule has 4 heteroatoms. The zero-order valence-corrected chi connectivity index (χ0v) is 11.0. The summed E-state index contributed by atoms with van der Waals surface area (Å²) in [6, 6.07) is 5.31. The highest BCUT2D eigenvalue weighted by molar-refractivity contribution is 5.74. The van der Waals surface area contributed by atoms with Gasteiger partial charge in [0.25, 0.3) is 0 Å². The van der Waals surface area contributed by atoms with Crippen LogP contribution in [0, 0.1) is 5.41 Å². The van der Waals surface area contributed by atoms with Gasteiger partial charge in [-0.15, -0.1) is 0 Å². The molecule has 1 aromatic rings. The molecule has 2 rings (SSSR count). The Labute approximate surface area is 107 Å². The van der Waals surface area contributed by atoms with Crippen molar-refractivity contribution in [1.29, 1.82) is 0 Å². The number of benzene rings is 1. The molecule has 0 aromatic heterocycles. The third kappa shape index (κ3) is 2.15. The largest absolute Gasteiger partial charge is 0.508 e. The van der Waals surface area contributed by atoms with Crippen LogP contribution in [0.5, 0.6) is 5.75 Å². The summed E-state index contributed by atoms with van der Waals surface area (Å²) in [7, 11) is 1.99. The molecule has 4 nitrogen and oxygen atoms in total. The first-order valence-corrected chi connectivity index (χ1v) is 6.09. The van der Waals surface area contributed by atoms with Gasteiger partial charge in [0.1, 0.15) is 5.75 Å². The fourth-order valence-electron chi connectivity index (χ4n) is 2.62. The van der Waals surface area contributed by atoms with Crippen molar-refractivity contribution in [2.75, 3.05) is 18.5 Å². The molecule has 0 fully saturated rings. The van der Waals surface area contributed by atoms with Crippen LogP contribution >= 0.6 is 0 Å². The van der Waals surface area contributed by atoms with Gasteiger partial charge < -0.3 is 15.1 Å². The predicted octanol–water partition coefficient (Wildman–Crippen LogP) is 2.43. The summed E-state index contributed by atoms with van der Waals surface area (Å²) in [5.41, 5.74) is 1.38. The Morgan fingerprint density at radius 1 is 1.50 bits per heavy atom. The van der Waals surface area contributed by atoms with E-state index < -0.39 is 11.4 Å². The number of hydrogen-bond donors (Lipinski definition) is 2. The van der Waals surface area contributed by atoms with Crippen molar-refractivity contribution in [2.24, 2.45) is 5.41 Å². The Morgan fingerprint density at radius 2 is 2.17 bits per heavy atom. The van der Waals surface area contributed by atoms with E-state index in [2.05, 4.69) is 4.90 Å². The summed E-state index contributed by atoms with van der Waals surface area (Å²) in [6.07, 6.45) is 0.573. The smallest absolute Gasteiger partial charge is 0.309 e. The molecule has 1 heterocycles. The minimum absolute atomic E-state index is 0.156. The Morgan fingerprint density at radius 3 is 2.78 bits per heavy atom. The van der Waals surface area contributed by atoms with Crippen molar-refractivity contribution in [1.82, 2.24) is 0 Å². The molecule has 98 valence electrons. The molecule has 0 aliphatic carbocycles. The van der Waals surface area contributed by atoms with Gasteiger partial charge in [0.2, 0.25) is 0 Å². The molecule has 0 saturated heterocycles. The number of anilines is 1. The monoisotopic (exact) mass is 249 g/mol. The molecule has 2 N–H and O–H groups in total. The third-order valence-electron chi connectivity index (χ3n) is 3.69. The highest BCUT2D eigenvalue weighted by Gasteiger charge is 2.35. The number of nitrogens with zero attached hydrogens (tertiary/aromatic N) is 1. The average molecular weight is 249 g/mol. The van der Waals surface area contributed by atoms with E-state index in [1.165, 1.54) is 0 Å². The fraction of sp³-hybridized carbons (Fsp3) is 0.500. The molecule has 1 aliphatic heterocycles. The van der Waals surface area contributed by atoms with Crippen molar-refractivity contribution in [3.05, 3.63) is 23.8 Å². The summed E-state index contributed by atoms with van der Waals surface area (Å²) in [5, 5.41) is 18.8.